The maximum absolute atomic E-state index is 12.2. The molecule has 0 atom stereocenters. The normalized spacial score (nSPS) is 10.4. The molecule has 3 aromatic carbocycles. The number of amides is 2. The molecule has 0 bridgehead atoms. The first-order chi connectivity index (χ1) is 15.8. The fourth-order valence-corrected chi connectivity index (χ4v) is 3.60. The predicted molar refractivity (Wildman–Crippen MR) is 129 cm³/mol. The standard InChI is InChI=1S/C27H28N2O4/c1-18-13-19(2)27(20(3)14-18)29-24(30)16-28-25(31)17-33-26(32)15-21-9-11-23(12-10-21)22-7-5-4-6-8-22/h4-14H,15-17H2,1-3H3,(H,28,31)(H,29,30). The second-order valence-corrected chi connectivity index (χ2v) is 8.00. The van der Waals surface area contributed by atoms with Crippen molar-refractivity contribution < 1.29 is 19.1 Å². The number of carbonyl (C=O) groups excluding carboxylic acids is 3. The zero-order valence-corrected chi connectivity index (χ0v) is 19.1. The number of rotatable bonds is 8. The highest BCUT2D eigenvalue weighted by molar-refractivity contribution is 5.96. The Morgan fingerprint density at radius 2 is 1.39 bits per heavy atom. The van der Waals surface area contributed by atoms with E-state index in [0.717, 1.165) is 39.1 Å². The van der Waals surface area contributed by atoms with Crippen molar-refractivity contribution in [1.29, 1.82) is 0 Å². The van der Waals surface area contributed by atoms with E-state index in [-0.39, 0.29) is 18.9 Å². The summed E-state index contributed by atoms with van der Waals surface area (Å²) in [7, 11) is 0. The van der Waals surface area contributed by atoms with Gasteiger partial charge in [-0.1, -0.05) is 72.3 Å². The third kappa shape index (κ3) is 7.04. The number of aryl methyl sites for hydroxylation is 3. The van der Waals surface area contributed by atoms with Crippen LogP contribution in [0.25, 0.3) is 11.1 Å². The van der Waals surface area contributed by atoms with Crippen LogP contribution in [0.5, 0.6) is 0 Å². The molecule has 2 N–H and O–H groups in total. The molecule has 3 aromatic rings. The van der Waals surface area contributed by atoms with E-state index in [4.69, 9.17) is 4.74 Å². The van der Waals surface area contributed by atoms with Crippen LogP contribution in [0.4, 0.5) is 5.69 Å². The van der Waals surface area contributed by atoms with Crippen LogP contribution in [-0.2, 0) is 25.5 Å². The summed E-state index contributed by atoms with van der Waals surface area (Å²) in [6.07, 6.45) is 0.0643. The Kier molecular flexibility index (Phi) is 7.97. The first kappa shape index (κ1) is 23.7. The minimum atomic E-state index is -0.532. The molecule has 0 spiro atoms. The Morgan fingerprint density at radius 1 is 0.788 bits per heavy atom. The van der Waals surface area contributed by atoms with E-state index < -0.39 is 18.5 Å². The van der Waals surface area contributed by atoms with Gasteiger partial charge in [-0.15, -0.1) is 0 Å². The summed E-state index contributed by atoms with van der Waals surface area (Å²) in [5, 5.41) is 5.28. The van der Waals surface area contributed by atoms with Crippen LogP contribution >= 0.6 is 0 Å². The maximum atomic E-state index is 12.2. The van der Waals surface area contributed by atoms with Gasteiger partial charge in [0, 0.05) is 5.69 Å². The second-order valence-electron chi connectivity index (χ2n) is 8.00. The molecular formula is C27H28N2O4. The second kappa shape index (κ2) is 11.1. The average molecular weight is 445 g/mol. The van der Waals surface area contributed by atoms with Crippen LogP contribution in [0.3, 0.4) is 0 Å². The van der Waals surface area contributed by atoms with Gasteiger partial charge in [0.15, 0.2) is 6.61 Å². The Hall–Kier alpha value is -3.93. The molecule has 0 radical (unpaired) electrons. The molecule has 0 unspecified atom stereocenters. The van der Waals surface area contributed by atoms with Gasteiger partial charge in [-0.2, -0.15) is 0 Å². The number of anilines is 1. The summed E-state index contributed by atoms with van der Waals surface area (Å²) in [5.74, 6) is -1.38. The van der Waals surface area contributed by atoms with Crippen molar-refractivity contribution in [1.82, 2.24) is 5.32 Å². The van der Waals surface area contributed by atoms with E-state index in [1.807, 2.05) is 87.5 Å². The third-order valence-electron chi connectivity index (χ3n) is 5.16. The van der Waals surface area contributed by atoms with Crippen molar-refractivity contribution in [3.8, 4) is 11.1 Å². The van der Waals surface area contributed by atoms with Gasteiger partial charge < -0.3 is 15.4 Å². The largest absolute Gasteiger partial charge is 0.455 e. The first-order valence-electron chi connectivity index (χ1n) is 10.8. The molecule has 0 saturated heterocycles. The van der Waals surface area contributed by atoms with Crippen LogP contribution < -0.4 is 10.6 Å². The summed E-state index contributed by atoms with van der Waals surface area (Å²) >= 11 is 0. The molecule has 0 aromatic heterocycles. The number of ether oxygens (including phenoxy) is 1. The van der Waals surface area contributed by atoms with Gasteiger partial charge >= 0.3 is 5.97 Å². The van der Waals surface area contributed by atoms with E-state index in [0.29, 0.717) is 0 Å². The van der Waals surface area contributed by atoms with E-state index in [1.54, 1.807) is 0 Å². The van der Waals surface area contributed by atoms with Crippen molar-refractivity contribution >= 4 is 23.5 Å². The molecule has 33 heavy (non-hydrogen) atoms. The molecule has 0 heterocycles. The van der Waals surface area contributed by atoms with Gasteiger partial charge in [0.2, 0.25) is 5.91 Å². The van der Waals surface area contributed by atoms with Crippen LogP contribution in [0, 0.1) is 20.8 Å². The highest BCUT2D eigenvalue weighted by atomic mass is 16.5. The van der Waals surface area contributed by atoms with Gasteiger partial charge in [0.25, 0.3) is 5.91 Å². The minimum Gasteiger partial charge on any atom is -0.455 e. The van der Waals surface area contributed by atoms with E-state index in [2.05, 4.69) is 10.6 Å². The molecular weight excluding hydrogens is 416 g/mol. The summed E-state index contributed by atoms with van der Waals surface area (Å²) in [6.45, 7) is 5.19. The SMILES string of the molecule is Cc1cc(C)c(NC(=O)CNC(=O)COC(=O)Cc2ccc(-c3ccccc3)cc2)c(C)c1. The van der Waals surface area contributed by atoms with Gasteiger partial charge in [-0.05, 0) is 48.6 Å². The third-order valence-corrected chi connectivity index (χ3v) is 5.16. The summed E-state index contributed by atoms with van der Waals surface area (Å²) < 4.78 is 5.04. The zero-order valence-electron chi connectivity index (χ0n) is 19.1. The number of nitrogens with one attached hydrogen (secondary N) is 2. The van der Waals surface area contributed by atoms with Crippen molar-refractivity contribution in [2.75, 3.05) is 18.5 Å². The molecule has 6 nitrogen and oxygen atoms in total. The molecule has 0 aliphatic heterocycles. The molecule has 2 amide bonds. The monoisotopic (exact) mass is 444 g/mol. The molecule has 0 aliphatic rings. The minimum absolute atomic E-state index is 0.0643. The molecule has 0 aliphatic carbocycles. The molecule has 0 saturated carbocycles. The highest BCUT2D eigenvalue weighted by Gasteiger charge is 2.12. The van der Waals surface area contributed by atoms with Crippen LogP contribution in [0.2, 0.25) is 0 Å². The molecule has 6 heteroatoms. The quantitative estimate of drug-likeness (QED) is 0.512. The van der Waals surface area contributed by atoms with Crippen molar-refractivity contribution in [2.45, 2.75) is 27.2 Å². The maximum Gasteiger partial charge on any atom is 0.310 e. The number of carbonyl (C=O) groups is 3. The van der Waals surface area contributed by atoms with Gasteiger partial charge in [0.1, 0.15) is 0 Å². The highest BCUT2D eigenvalue weighted by Crippen LogP contribution is 2.22. The van der Waals surface area contributed by atoms with Crippen molar-refractivity contribution in [2.24, 2.45) is 0 Å². The lowest BCUT2D eigenvalue weighted by Crippen LogP contribution is -2.36. The summed E-state index contributed by atoms with van der Waals surface area (Å²) in [4.78, 5) is 36.2. The topological polar surface area (TPSA) is 84.5 Å². The van der Waals surface area contributed by atoms with E-state index in [1.165, 1.54) is 0 Å². The Balaban J connectivity index is 1.40. The predicted octanol–water partition coefficient (Wildman–Crippen LogP) is 4.12. The Labute approximate surface area is 194 Å². The number of benzene rings is 3. The van der Waals surface area contributed by atoms with Crippen molar-refractivity contribution in [3.63, 3.8) is 0 Å². The van der Waals surface area contributed by atoms with Crippen molar-refractivity contribution in [3.05, 3.63) is 89.0 Å². The number of hydrogen-bond acceptors (Lipinski definition) is 4. The van der Waals surface area contributed by atoms with Crippen LogP contribution in [-0.4, -0.2) is 30.9 Å². The number of hydrogen-bond donors (Lipinski definition) is 2. The Morgan fingerprint density at radius 3 is 2.03 bits per heavy atom. The molecule has 170 valence electrons. The summed E-state index contributed by atoms with van der Waals surface area (Å²) in [5.41, 5.74) is 6.72. The average Bonchev–Trinajstić information content (AvgIpc) is 2.80. The van der Waals surface area contributed by atoms with E-state index in [9.17, 15) is 14.4 Å². The van der Waals surface area contributed by atoms with Crippen LogP contribution in [0.1, 0.15) is 22.3 Å². The van der Waals surface area contributed by atoms with Gasteiger partial charge in [0.05, 0.1) is 13.0 Å². The van der Waals surface area contributed by atoms with Crippen LogP contribution in [0.15, 0.2) is 66.7 Å². The molecule has 0 fully saturated rings. The lowest BCUT2D eigenvalue weighted by atomic mass is 10.0. The fourth-order valence-electron chi connectivity index (χ4n) is 3.60. The molecule has 3 rings (SSSR count). The lowest BCUT2D eigenvalue weighted by molar-refractivity contribution is -0.147. The Bertz CT molecular complexity index is 1120. The fraction of sp³-hybridized carbons (Fsp3) is 0.222. The smallest absolute Gasteiger partial charge is 0.310 e. The zero-order chi connectivity index (χ0) is 23.8. The van der Waals surface area contributed by atoms with E-state index >= 15 is 0 Å². The number of esters is 1. The van der Waals surface area contributed by atoms with Gasteiger partial charge in [-0.3, -0.25) is 14.4 Å². The first-order valence-corrected chi connectivity index (χ1v) is 10.8. The lowest BCUT2D eigenvalue weighted by Gasteiger charge is -2.13. The van der Waals surface area contributed by atoms with Gasteiger partial charge in [-0.25, -0.2) is 0 Å². The summed E-state index contributed by atoms with van der Waals surface area (Å²) in [6, 6.07) is 21.5.